The van der Waals surface area contributed by atoms with Crippen LogP contribution in [-0.2, 0) is 0 Å². The topological polar surface area (TPSA) is 42.9 Å². The second kappa shape index (κ2) is 3.90. The van der Waals surface area contributed by atoms with Crippen molar-refractivity contribution in [2.24, 2.45) is 0 Å². The fourth-order valence-corrected chi connectivity index (χ4v) is 1.90. The molecule has 0 fully saturated rings. The Kier molecular flexibility index (Phi) is 2.60. The van der Waals surface area contributed by atoms with Crippen LogP contribution in [0.2, 0.25) is 0 Å². The molecule has 0 radical (unpaired) electrons. The number of aryl methyl sites for hydroxylation is 2. The monoisotopic (exact) mass is 218 g/mol. The maximum Gasteiger partial charge on any atom is 0.213 e. The molecule has 2 rings (SSSR count). The van der Waals surface area contributed by atoms with E-state index in [0.29, 0.717) is 11.3 Å². The Morgan fingerprint density at radius 2 is 2.07 bits per heavy atom. The highest BCUT2D eigenvalue weighted by molar-refractivity contribution is 7.10. The summed E-state index contributed by atoms with van der Waals surface area (Å²) < 4.78 is 0. The van der Waals surface area contributed by atoms with Crippen LogP contribution in [0.25, 0.3) is 0 Å². The van der Waals surface area contributed by atoms with E-state index >= 15 is 0 Å². The number of rotatable bonds is 2. The van der Waals surface area contributed by atoms with E-state index in [1.807, 2.05) is 25.3 Å². The molecule has 0 aliphatic rings. The summed E-state index contributed by atoms with van der Waals surface area (Å²) >= 11 is 1.56. The molecule has 2 heterocycles. The van der Waals surface area contributed by atoms with Gasteiger partial charge < -0.3 is 0 Å². The van der Waals surface area contributed by atoms with Gasteiger partial charge in [-0.3, -0.25) is 9.78 Å². The SMILES string of the molecule is Cc1cnc(C(=O)c2csc(C)c2)cn1. The van der Waals surface area contributed by atoms with Gasteiger partial charge in [-0.05, 0) is 19.9 Å². The van der Waals surface area contributed by atoms with Crippen molar-refractivity contribution in [2.75, 3.05) is 0 Å². The maximum atomic E-state index is 11.9. The van der Waals surface area contributed by atoms with Gasteiger partial charge in [0.25, 0.3) is 0 Å². The summed E-state index contributed by atoms with van der Waals surface area (Å²) in [5, 5.41) is 1.85. The first-order valence-electron chi connectivity index (χ1n) is 4.55. The van der Waals surface area contributed by atoms with Gasteiger partial charge in [-0.1, -0.05) is 0 Å². The first kappa shape index (κ1) is 9.98. The van der Waals surface area contributed by atoms with E-state index in [9.17, 15) is 4.79 Å². The summed E-state index contributed by atoms with van der Waals surface area (Å²) in [7, 11) is 0. The summed E-state index contributed by atoms with van der Waals surface area (Å²) in [6.45, 7) is 3.82. The molecule has 4 heteroatoms. The van der Waals surface area contributed by atoms with Crippen molar-refractivity contribution in [1.82, 2.24) is 9.97 Å². The molecule has 0 saturated heterocycles. The van der Waals surface area contributed by atoms with Crippen molar-refractivity contribution in [2.45, 2.75) is 13.8 Å². The number of thiophene rings is 1. The number of carbonyl (C=O) groups excluding carboxylic acids is 1. The molecule has 3 nitrogen and oxygen atoms in total. The first-order valence-corrected chi connectivity index (χ1v) is 5.43. The number of ketones is 1. The molecule has 0 aliphatic heterocycles. The van der Waals surface area contributed by atoms with Crippen LogP contribution in [-0.4, -0.2) is 15.8 Å². The van der Waals surface area contributed by atoms with Gasteiger partial charge in [0, 0.05) is 22.0 Å². The van der Waals surface area contributed by atoms with Gasteiger partial charge >= 0.3 is 0 Å². The molecule has 2 aromatic rings. The van der Waals surface area contributed by atoms with Crippen molar-refractivity contribution in [1.29, 1.82) is 0 Å². The summed E-state index contributed by atoms with van der Waals surface area (Å²) in [4.78, 5) is 21.1. The van der Waals surface area contributed by atoms with Crippen LogP contribution >= 0.6 is 11.3 Å². The molecule has 2 aromatic heterocycles. The van der Waals surface area contributed by atoms with Crippen LogP contribution < -0.4 is 0 Å². The summed E-state index contributed by atoms with van der Waals surface area (Å²) in [5.74, 6) is -0.0631. The fraction of sp³-hybridized carbons (Fsp3) is 0.182. The van der Waals surface area contributed by atoms with Crippen molar-refractivity contribution < 1.29 is 4.79 Å². The minimum atomic E-state index is -0.0631. The molecule has 0 unspecified atom stereocenters. The lowest BCUT2D eigenvalue weighted by molar-refractivity contribution is 0.103. The smallest absolute Gasteiger partial charge is 0.213 e. The highest BCUT2D eigenvalue weighted by atomic mass is 32.1. The van der Waals surface area contributed by atoms with Crippen LogP contribution in [0.5, 0.6) is 0 Å². The maximum absolute atomic E-state index is 11.9. The lowest BCUT2D eigenvalue weighted by atomic mass is 10.1. The largest absolute Gasteiger partial charge is 0.287 e. The van der Waals surface area contributed by atoms with E-state index in [1.165, 1.54) is 6.20 Å². The zero-order chi connectivity index (χ0) is 10.8. The van der Waals surface area contributed by atoms with E-state index in [2.05, 4.69) is 9.97 Å². The summed E-state index contributed by atoms with van der Waals surface area (Å²) in [6.07, 6.45) is 3.12. The number of carbonyl (C=O) groups is 1. The van der Waals surface area contributed by atoms with Crippen LogP contribution in [0, 0.1) is 13.8 Å². The molecule has 76 valence electrons. The number of nitrogens with zero attached hydrogens (tertiary/aromatic N) is 2. The fourth-order valence-electron chi connectivity index (χ4n) is 1.22. The lowest BCUT2D eigenvalue weighted by Crippen LogP contribution is -2.03. The second-order valence-electron chi connectivity index (χ2n) is 3.32. The Morgan fingerprint density at radius 1 is 1.27 bits per heavy atom. The van der Waals surface area contributed by atoms with Crippen LogP contribution in [0.1, 0.15) is 26.6 Å². The number of hydrogen-bond donors (Lipinski definition) is 0. The molecule has 15 heavy (non-hydrogen) atoms. The van der Waals surface area contributed by atoms with Crippen molar-refractivity contribution >= 4 is 17.1 Å². The number of aromatic nitrogens is 2. The Balaban J connectivity index is 2.32. The second-order valence-corrected chi connectivity index (χ2v) is 4.43. The molecule has 0 bridgehead atoms. The molecule has 0 saturated carbocycles. The van der Waals surface area contributed by atoms with Gasteiger partial charge in [-0.2, -0.15) is 0 Å². The molecule has 0 aliphatic carbocycles. The zero-order valence-electron chi connectivity index (χ0n) is 8.52. The molecular weight excluding hydrogens is 208 g/mol. The molecule has 0 atom stereocenters. The van der Waals surface area contributed by atoms with Crippen LogP contribution in [0.3, 0.4) is 0 Å². The molecule has 0 N–H and O–H groups in total. The van der Waals surface area contributed by atoms with E-state index < -0.39 is 0 Å². The highest BCUT2D eigenvalue weighted by Gasteiger charge is 2.11. The first-order chi connectivity index (χ1) is 7.16. The zero-order valence-corrected chi connectivity index (χ0v) is 9.34. The summed E-state index contributed by atoms with van der Waals surface area (Å²) in [5.41, 5.74) is 1.90. The molecule has 0 aromatic carbocycles. The van der Waals surface area contributed by atoms with Crippen molar-refractivity contribution in [3.8, 4) is 0 Å². The minimum absolute atomic E-state index is 0.0631. The van der Waals surface area contributed by atoms with Crippen LogP contribution in [0.4, 0.5) is 0 Å². The Morgan fingerprint density at radius 3 is 2.60 bits per heavy atom. The van der Waals surface area contributed by atoms with Gasteiger partial charge in [0.2, 0.25) is 5.78 Å². The molecule has 0 amide bonds. The van der Waals surface area contributed by atoms with Gasteiger partial charge in [0.15, 0.2) is 0 Å². The Bertz CT molecular complexity index is 488. The average Bonchev–Trinajstić information content (AvgIpc) is 2.65. The van der Waals surface area contributed by atoms with Gasteiger partial charge in [-0.15, -0.1) is 11.3 Å². The highest BCUT2D eigenvalue weighted by Crippen LogP contribution is 2.15. The van der Waals surface area contributed by atoms with Crippen LogP contribution in [0.15, 0.2) is 23.8 Å². The normalized spacial score (nSPS) is 10.3. The molecular formula is C11H10N2OS. The van der Waals surface area contributed by atoms with Gasteiger partial charge in [0.1, 0.15) is 5.69 Å². The number of hydrogen-bond acceptors (Lipinski definition) is 4. The quantitative estimate of drug-likeness (QED) is 0.727. The van der Waals surface area contributed by atoms with Crippen molar-refractivity contribution in [3.05, 3.63) is 45.7 Å². The Hall–Kier alpha value is -1.55. The third kappa shape index (κ3) is 2.10. The van der Waals surface area contributed by atoms with E-state index in [-0.39, 0.29) is 5.78 Å². The predicted molar refractivity (Wildman–Crippen MR) is 59.3 cm³/mol. The van der Waals surface area contributed by atoms with Gasteiger partial charge in [0.05, 0.1) is 11.9 Å². The van der Waals surface area contributed by atoms with E-state index in [0.717, 1.165) is 10.6 Å². The Labute approximate surface area is 91.8 Å². The standard InChI is InChI=1S/C11H10N2OS/c1-7-4-13-10(5-12-7)11(14)9-3-8(2)15-6-9/h3-6H,1-2H3. The third-order valence-corrected chi connectivity index (χ3v) is 2.87. The summed E-state index contributed by atoms with van der Waals surface area (Å²) in [6, 6.07) is 1.87. The van der Waals surface area contributed by atoms with Crippen molar-refractivity contribution in [3.63, 3.8) is 0 Å². The minimum Gasteiger partial charge on any atom is -0.287 e. The van der Waals surface area contributed by atoms with E-state index in [4.69, 9.17) is 0 Å². The average molecular weight is 218 g/mol. The molecule has 0 spiro atoms. The van der Waals surface area contributed by atoms with E-state index in [1.54, 1.807) is 17.5 Å². The lowest BCUT2D eigenvalue weighted by Gasteiger charge is -1.96. The predicted octanol–water partition coefficient (Wildman–Crippen LogP) is 2.39. The van der Waals surface area contributed by atoms with Gasteiger partial charge in [-0.25, -0.2) is 4.98 Å². The third-order valence-electron chi connectivity index (χ3n) is 2.01.